The zero-order valence-electron chi connectivity index (χ0n) is 12.5. The minimum absolute atomic E-state index is 0.613. The maximum atomic E-state index is 4.59. The normalized spacial score (nSPS) is 21.6. The summed E-state index contributed by atoms with van der Waals surface area (Å²) in [4.78, 5) is 7.11. The molecular formula is C14H30N4. The van der Waals surface area contributed by atoms with Gasteiger partial charge in [-0.15, -0.1) is 0 Å². The number of hydrogen-bond acceptors (Lipinski definition) is 2. The van der Waals surface area contributed by atoms with Crippen molar-refractivity contribution in [2.45, 2.75) is 34.1 Å². The molecule has 1 atom stereocenters. The number of nitrogens with zero attached hydrogens (tertiary/aromatic N) is 2. The second-order valence-corrected chi connectivity index (χ2v) is 5.54. The van der Waals surface area contributed by atoms with Crippen molar-refractivity contribution in [3.05, 3.63) is 0 Å². The lowest BCUT2D eigenvalue weighted by molar-refractivity contribution is 0.342. The molecule has 2 N–H and O–H groups in total. The van der Waals surface area contributed by atoms with E-state index in [4.69, 9.17) is 0 Å². The number of likely N-dealkylation sites (tertiary alicyclic amines) is 1. The lowest BCUT2D eigenvalue weighted by Crippen LogP contribution is -2.40. The van der Waals surface area contributed by atoms with Gasteiger partial charge in [-0.05, 0) is 38.3 Å². The molecule has 106 valence electrons. The van der Waals surface area contributed by atoms with Gasteiger partial charge in [-0.1, -0.05) is 20.8 Å². The van der Waals surface area contributed by atoms with Gasteiger partial charge in [0.25, 0.3) is 0 Å². The summed E-state index contributed by atoms with van der Waals surface area (Å²) in [6.45, 7) is 15.3. The van der Waals surface area contributed by atoms with Gasteiger partial charge >= 0.3 is 0 Å². The lowest BCUT2D eigenvalue weighted by Gasteiger charge is -2.16. The minimum Gasteiger partial charge on any atom is -0.357 e. The van der Waals surface area contributed by atoms with Crippen molar-refractivity contribution in [3.8, 4) is 0 Å². The summed E-state index contributed by atoms with van der Waals surface area (Å²) in [5.74, 6) is 2.36. The Labute approximate surface area is 112 Å². The third-order valence-corrected chi connectivity index (χ3v) is 3.33. The van der Waals surface area contributed by atoms with Gasteiger partial charge in [0, 0.05) is 26.2 Å². The van der Waals surface area contributed by atoms with Crippen LogP contribution in [0.3, 0.4) is 0 Å². The van der Waals surface area contributed by atoms with E-state index in [1.807, 2.05) is 0 Å². The van der Waals surface area contributed by atoms with Crippen molar-refractivity contribution >= 4 is 5.96 Å². The Morgan fingerprint density at radius 3 is 2.67 bits per heavy atom. The topological polar surface area (TPSA) is 39.7 Å². The van der Waals surface area contributed by atoms with Gasteiger partial charge in [0.1, 0.15) is 0 Å². The minimum atomic E-state index is 0.613. The molecule has 1 saturated heterocycles. The maximum absolute atomic E-state index is 4.59. The van der Waals surface area contributed by atoms with Crippen molar-refractivity contribution in [1.82, 2.24) is 15.5 Å². The third kappa shape index (κ3) is 5.71. The molecule has 0 bridgehead atoms. The van der Waals surface area contributed by atoms with Crippen LogP contribution in [-0.2, 0) is 0 Å². The molecule has 0 amide bonds. The molecular weight excluding hydrogens is 224 g/mol. The zero-order valence-corrected chi connectivity index (χ0v) is 12.5. The summed E-state index contributed by atoms with van der Waals surface area (Å²) >= 11 is 0. The first-order valence-electron chi connectivity index (χ1n) is 7.40. The maximum Gasteiger partial charge on any atom is 0.191 e. The first-order valence-corrected chi connectivity index (χ1v) is 7.40. The van der Waals surface area contributed by atoms with E-state index in [0.717, 1.165) is 31.5 Å². The molecule has 0 radical (unpaired) electrons. The summed E-state index contributed by atoms with van der Waals surface area (Å²) < 4.78 is 0. The standard InChI is InChI=1S/C14H30N4/c1-5-15-14(16-9-12(3)4)17-10-13-7-8-18(6-2)11-13/h12-13H,5-11H2,1-4H3,(H2,15,16,17). The molecule has 1 aliphatic heterocycles. The highest BCUT2D eigenvalue weighted by atomic mass is 15.2. The van der Waals surface area contributed by atoms with Gasteiger partial charge in [-0.3, -0.25) is 4.99 Å². The predicted octanol–water partition coefficient (Wildman–Crippen LogP) is 1.54. The van der Waals surface area contributed by atoms with Crippen molar-refractivity contribution in [2.75, 3.05) is 39.3 Å². The van der Waals surface area contributed by atoms with Crippen LogP contribution in [0, 0.1) is 11.8 Å². The van der Waals surface area contributed by atoms with Crippen LogP contribution in [-0.4, -0.2) is 50.1 Å². The highest BCUT2D eigenvalue weighted by Gasteiger charge is 2.20. The second-order valence-electron chi connectivity index (χ2n) is 5.54. The van der Waals surface area contributed by atoms with Crippen molar-refractivity contribution < 1.29 is 0 Å². The molecule has 0 saturated carbocycles. The monoisotopic (exact) mass is 254 g/mol. The molecule has 1 unspecified atom stereocenters. The lowest BCUT2D eigenvalue weighted by atomic mass is 10.1. The van der Waals surface area contributed by atoms with Gasteiger partial charge in [-0.2, -0.15) is 0 Å². The second kappa shape index (κ2) is 8.35. The largest absolute Gasteiger partial charge is 0.357 e. The fourth-order valence-electron chi connectivity index (χ4n) is 2.22. The average Bonchev–Trinajstić information content (AvgIpc) is 2.80. The van der Waals surface area contributed by atoms with Crippen molar-refractivity contribution in [2.24, 2.45) is 16.8 Å². The predicted molar refractivity (Wildman–Crippen MR) is 79.0 cm³/mol. The number of nitrogens with one attached hydrogen (secondary N) is 2. The highest BCUT2D eigenvalue weighted by Crippen LogP contribution is 2.14. The molecule has 0 aromatic heterocycles. The molecule has 1 fully saturated rings. The van der Waals surface area contributed by atoms with Crippen LogP contribution in [0.5, 0.6) is 0 Å². The molecule has 0 spiro atoms. The van der Waals surface area contributed by atoms with Crippen molar-refractivity contribution in [3.63, 3.8) is 0 Å². The summed E-state index contributed by atoms with van der Waals surface area (Å²) in [6, 6.07) is 0. The van der Waals surface area contributed by atoms with E-state index in [1.54, 1.807) is 0 Å². The quantitative estimate of drug-likeness (QED) is 0.558. The molecule has 1 aliphatic rings. The van der Waals surface area contributed by atoms with Gasteiger partial charge in [0.15, 0.2) is 5.96 Å². The SMILES string of the molecule is CCNC(=NCC(C)C)NCC1CCN(CC)C1. The van der Waals surface area contributed by atoms with E-state index < -0.39 is 0 Å². The molecule has 1 heterocycles. The molecule has 1 rings (SSSR count). The van der Waals surface area contributed by atoms with Crippen LogP contribution in [0.1, 0.15) is 34.1 Å². The van der Waals surface area contributed by atoms with E-state index >= 15 is 0 Å². The number of rotatable bonds is 6. The number of hydrogen-bond donors (Lipinski definition) is 2. The Morgan fingerprint density at radius 2 is 2.11 bits per heavy atom. The van der Waals surface area contributed by atoms with Gasteiger partial charge in [0.2, 0.25) is 0 Å². The van der Waals surface area contributed by atoms with Crippen LogP contribution < -0.4 is 10.6 Å². The summed E-state index contributed by atoms with van der Waals surface area (Å²) in [5.41, 5.74) is 0. The van der Waals surface area contributed by atoms with Gasteiger partial charge < -0.3 is 15.5 Å². The van der Waals surface area contributed by atoms with E-state index in [-0.39, 0.29) is 0 Å². The van der Waals surface area contributed by atoms with Crippen LogP contribution >= 0.6 is 0 Å². The molecule has 0 aromatic carbocycles. The van der Waals surface area contributed by atoms with Crippen LogP contribution in [0.25, 0.3) is 0 Å². The first-order chi connectivity index (χ1) is 8.65. The first kappa shape index (κ1) is 15.3. The Balaban J connectivity index is 2.31. The Morgan fingerprint density at radius 1 is 1.33 bits per heavy atom. The molecule has 4 nitrogen and oxygen atoms in total. The average molecular weight is 254 g/mol. The van der Waals surface area contributed by atoms with Gasteiger partial charge in [-0.25, -0.2) is 0 Å². The molecule has 4 heteroatoms. The van der Waals surface area contributed by atoms with Crippen LogP contribution in [0.4, 0.5) is 0 Å². The Bertz CT molecular complexity index is 250. The van der Waals surface area contributed by atoms with E-state index in [2.05, 4.69) is 48.2 Å². The summed E-state index contributed by atoms with van der Waals surface area (Å²) in [6.07, 6.45) is 1.31. The van der Waals surface area contributed by atoms with E-state index in [9.17, 15) is 0 Å². The Kier molecular flexibility index (Phi) is 7.09. The smallest absolute Gasteiger partial charge is 0.191 e. The fourth-order valence-corrected chi connectivity index (χ4v) is 2.22. The molecule has 0 aliphatic carbocycles. The van der Waals surface area contributed by atoms with E-state index in [1.165, 1.54) is 26.1 Å². The van der Waals surface area contributed by atoms with Gasteiger partial charge in [0.05, 0.1) is 0 Å². The van der Waals surface area contributed by atoms with Crippen LogP contribution in [0.2, 0.25) is 0 Å². The third-order valence-electron chi connectivity index (χ3n) is 3.33. The summed E-state index contributed by atoms with van der Waals surface area (Å²) in [7, 11) is 0. The number of aliphatic imine (C=N–C) groups is 1. The summed E-state index contributed by atoms with van der Waals surface area (Å²) in [5, 5.41) is 6.79. The molecule has 0 aromatic rings. The Hall–Kier alpha value is -0.770. The van der Waals surface area contributed by atoms with Crippen molar-refractivity contribution in [1.29, 1.82) is 0 Å². The van der Waals surface area contributed by atoms with E-state index in [0.29, 0.717) is 5.92 Å². The molecule has 18 heavy (non-hydrogen) atoms. The fraction of sp³-hybridized carbons (Fsp3) is 0.929. The van der Waals surface area contributed by atoms with Crippen LogP contribution in [0.15, 0.2) is 4.99 Å². The highest BCUT2D eigenvalue weighted by molar-refractivity contribution is 5.79. The zero-order chi connectivity index (χ0) is 13.4. The number of guanidine groups is 1.